The van der Waals surface area contributed by atoms with Crippen molar-refractivity contribution in [2.24, 2.45) is 0 Å². The van der Waals surface area contributed by atoms with Crippen LogP contribution in [0, 0.1) is 0 Å². The van der Waals surface area contributed by atoms with Crippen LogP contribution in [-0.4, -0.2) is 40.1 Å². The summed E-state index contributed by atoms with van der Waals surface area (Å²) in [5.41, 5.74) is 0.383. The lowest BCUT2D eigenvalue weighted by Gasteiger charge is -2.42. The average molecular weight is 262 g/mol. The van der Waals surface area contributed by atoms with Crippen LogP contribution in [-0.2, 0) is 11.2 Å². The van der Waals surface area contributed by atoms with Crippen LogP contribution in [0.5, 0.6) is 0 Å². The highest BCUT2D eigenvalue weighted by atomic mass is 16.4. The quantitative estimate of drug-likeness (QED) is 0.885. The molecule has 1 aliphatic rings. The second-order valence-electron chi connectivity index (χ2n) is 5.39. The van der Waals surface area contributed by atoms with E-state index in [0.29, 0.717) is 6.42 Å². The Kier molecular flexibility index (Phi) is 4.53. The largest absolute Gasteiger partial charge is 0.480 e. The van der Waals surface area contributed by atoms with Crippen LogP contribution < -0.4 is 0 Å². The molecule has 2 heterocycles. The van der Waals surface area contributed by atoms with E-state index in [1.54, 1.807) is 6.20 Å². The SMILES string of the molecule is CN1CCCC[C@@]1(CCCc1ccccn1)C(=O)O. The molecule has 1 N–H and O–H groups in total. The van der Waals surface area contributed by atoms with Gasteiger partial charge in [0.15, 0.2) is 0 Å². The Hall–Kier alpha value is -1.42. The minimum atomic E-state index is -0.671. The van der Waals surface area contributed by atoms with Crippen molar-refractivity contribution in [2.75, 3.05) is 13.6 Å². The van der Waals surface area contributed by atoms with Gasteiger partial charge in [-0.15, -0.1) is 0 Å². The monoisotopic (exact) mass is 262 g/mol. The second-order valence-corrected chi connectivity index (χ2v) is 5.39. The first-order valence-corrected chi connectivity index (χ1v) is 7.00. The Labute approximate surface area is 114 Å². The number of carboxylic acid groups (broad SMARTS) is 1. The summed E-state index contributed by atoms with van der Waals surface area (Å²) in [4.78, 5) is 18.0. The molecule has 1 fully saturated rings. The van der Waals surface area contributed by atoms with Gasteiger partial charge in [-0.25, -0.2) is 0 Å². The van der Waals surface area contributed by atoms with Gasteiger partial charge >= 0.3 is 5.97 Å². The fraction of sp³-hybridized carbons (Fsp3) is 0.600. The molecule has 0 spiro atoms. The van der Waals surface area contributed by atoms with E-state index >= 15 is 0 Å². The summed E-state index contributed by atoms with van der Waals surface area (Å²) in [6.07, 6.45) is 7.09. The third-order valence-electron chi connectivity index (χ3n) is 4.21. The smallest absolute Gasteiger partial charge is 0.324 e. The maximum absolute atomic E-state index is 11.7. The molecule has 104 valence electrons. The number of nitrogens with zero attached hydrogens (tertiary/aromatic N) is 2. The van der Waals surface area contributed by atoms with E-state index in [2.05, 4.69) is 4.98 Å². The van der Waals surface area contributed by atoms with Gasteiger partial charge in [0, 0.05) is 11.9 Å². The van der Waals surface area contributed by atoms with Crippen molar-refractivity contribution in [2.45, 2.75) is 44.1 Å². The Morgan fingerprint density at radius 1 is 1.47 bits per heavy atom. The molecule has 4 heteroatoms. The van der Waals surface area contributed by atoms with Crippen LogP contribution in [0.15, 0.2) is 24.4 Å². The molecular weight excluding hydrogens is 240 g/mol. The van der Waals surface area contributed by atoms with E-state index in [1.165, 1.54) is 0 Å². The Balaban J connectivity index is 1.96. The number of pyridine rings is 1. The molecule has 1 aromatic rings. The van der Waals surface area contributed by atoms with Crippen LogP contribution in [0.4, 0.5) is 0 Å². The summed E-state index contributed by atoms with van der Waals surface area (Å²) < 4.78 is 0. The number of carbonyl (C=O) groups is 1. The Morgan fingerprint density at radius 3 is 2.95 bits per heavy atom. The van der Waals surface area contributed by atoms with Crippen molar-refractivity contribution in [1.82, 2.24) is 9.88 Å². The van der Waals surface area contributed by atoms with Crippen LogP contribution in [0.2, 0.25) is 0 Å². The number of likely N-dealkylation sites (N-methyl/N-ethyl adjacent to an activating group) is 1. The van der Waals surface area contributed by atoms with Crippen molar-refractivity contribution in [3.8, 4) is 0 Å². The zero-order valence-corrected chi connectivity index (χ0v) is 11.5. The number of piperidine rings is 1. The Morgan fingerprint density at radius 2 is 2.32 bits per heavy atom. The van der Waals surface area contributed by atoms with Gasteiger partial charge < -0.3 is 5.11 Å². The van der Waals surface area contributed by atoms with Crippen LogP contribution >= 0.6 is 0 Å². The lowest BCUT2D eigenvalue weighted by atomic mass is 9.82. The summed E-state index contributed by atoms with van der Waals surface area (Å²) in [5, 5.41) is 9.60. The highest BCUT2D eigenvalue weighted by Gasteiger charge is 2.43. The van der Waals surface area contributed by atoms with E-state index in [-0.39, 0.29) is 0 Å². The van der Waals surface area contributed by atoms with Gasteiger partial charge in [-0.2, -0.15) is 0 Å². The molecule has 1 saturated heterocycles. The molecule has 0 aromatic carbocycles. The molecule has 0 radical (unpaired) electrons. The standard InChI is InChI=1S/C15H22N2O2/c1-17-12-5-3-9-15(17,14(18)19)10-6-8-13-7-2-4-11-16-13/h2,4,7,11H,3,5-6,8-10,12H2,1H3,(H,18,19)/t15-/m1/s1. The number of hydrogen-bond donors (Lipinski definition) is 1. The first-order chi connectivity index (χ1) is 9.15. The highest BCUT2D eigenvalue weighted by molar-refractivity contribution is 5.78. The van der Waals surface area contributed by atoms with E-state index < -0.39 is 11.5 Å². The molecule has 1 atom stereocenters. The molecule has 19 heavy (non-hydrogen) atoms. The van der Waals surface area contributed by atoms with Gasteiger partial charge in [-0.05, 0) is 64.3 Å². The van der Waals surface area contributed by atoms with Crippen molar-refractivity contribution in [3.63, 3.8) is 0 Å². The van der Waals surface area contributed by atoms with Crippen molar-refractivity contribution >= 4 is 5.97 Å². The molecule has 0 unspecified atom stereocenters. The molecule has 0 aliphatic carbocycles. The minimum absolute atomic E-state index is 0.660. The normalized spacial score (nSPS) is 24.3. The van der Waals surface area contributed by atoms with E-state index in [1.807, 2.05) is 30.1 Å². The number of aliphatic carboxylic acids is 1. The van der Waals surface area contributed by atoms with E-state index in [0.717, 1.165) is 44.3 Å². The summed E-state index contributed by atoms with van der Waals surface area (Å²) in [5.74, 6) is -0.671. The van der Waals surface area contributed by atoms with Crippen LogP contribution in [0.25, 0.3) is 0 Å². The number of rotatable bonds is 5. The van der Waals surface area contributed by atoms with Gasteiger partial charge in [-0.3, -0.25) is 14.7 Å². The maximum Gasteiger partial charge on any atom is 0.324 e. The molecule has 0 bridgehead atoms. The molecule has 1 aliphatic heterocycles. The molecule has 1 aromatic heterocycles. The number of hydrogen-bond acceptors (Lipinski definition) is 3. The van der Waals surface area contributed by atoms with Gasteiger partial charge in [0.25, 0.3) is 0 Å². The zero-order valence-electron chi connectivity index (χ0n) is 11.5. The summed E-state index contributed by atoms with van der Waals surface area (Å²) in [7, 11) is 1.94. The van der Waals surface area contributed by atoms with Crippen molar-refractivity contribution in [3.05, 3.63) is 30.1 Å². The third kappa shape index (κ3) is 3.13. The summed E-state index contributed by atoms with van der Waals surface area (Å²) in [6.45, 7) is 0.885. The molecule has 4 nitrogen and oxygen atoms in total. The molecule has 0 amide bonds. The predicted octanol–water partition coefficient (Wildman–Crippen LogP) is 2.34. The number of aryl methyl sites for hydroxylation is 1. The fourth-order valence-electron chi connectivity index (χ4n) is 2.97. The average Bonchev–Trinajstić information content (AvgIpc) is 2.42. The lowest BCUT2D eigenvalue weighted by molar-refractivity contribution is -0.153. The molecule has 2 rings (SSSR count). The molecular formula is C15H22N2O2. The predicted molar refractivity (Wildman–Crippen MR) is 74.0 cm³/mol. The second kappa shape index (κ2) is 6.15. The van der Waals surface area contributed by atoms with Crippen molar-refractivity contribution in [1.29, 1.82) is 0 Å². The first-order valence-electron chi connectivity index (χ1n) is 7.00. The van der Waals surface area contributed by atoms with E-state index in [9.17, 15) is 9.90 Å². The zero-order chi connectivity index (χ0) is 13.7. The first kappa shape index (κ1) is 14.0. The van der Waals surface area contributed by atoms with Crippen LogP contribution in [0.1, 0.15) is 37.8 Å². The number of carboxylic acids is 1. The van der Waals surface area contributed by atoms with Gasteiger partial charge in [0.05, 0.1) is 0 Å². The molecule has 0 saturated carbocycles. The summed E-state index contributed by atoms with van der Waals surface area (Å²) >= 11 is 0. The number of likely N-dealkylation sites (tertiary alicyclic amines) is 1. The summed E-state index contributed by atoms with van der Waals surface area (Å²) in [6, 6.07) is 5.87. The topological polar surface area (TPSA) is 53.4 Å². The minimum Gasteiger partial charge on any atom is -0.480 e. The van der Waals surface area contributed by atoms with Crippen molar-refractivity contribution < 1.29 is 9.90 Å². The van der Waals surface area contributed by atoms with Crippen LogP contribution in [0.3, 0.4) is 0 Å². The number of aromatic nitrogens is 1. The van der Waals surface area contributed by atoms with Gasteiger partial charge in [0.1, 0.15) is 5.54 Å². The van der Waals surface area contributed by atoms with Gasteiger partial charge in [-0.1, -0.05) is 6.07 Å². The van der Waals surface area contributed by atoms with Gasteiger partial charge in [0.2, 0.25) is 0 Å². The lowest BCUT2D eigenvalue weighted by Crippen LogP contribution is -2.55. The fourth-order valence-corrected chi connectivity index (χ4v) is 2.97. The maximum atomic E-state index is 11.7. The third-order valence-corrected chi connectivity index (χ3v) is 4.21. The Bertz CT molecular complexity index is 421. The highest BCUT2D eigenvalue weighted by Crippen LogP contribution is 2.32. The van der Waals surface area contributed by atoms with E-state index in [4.69, 9.17) is 0 Å².